The Morgan fingerprint density at radius 1 is 1.28 bits per heavy atom. The van der Waals surface area contributed by atoms with Crippen molar-refractivity contribution in [3.63, 3.8) is 0 Å². The summed E-state index contributed by atoms with van der Waals surface area (Å²) in [4.78, 5) is 6.09. The van der Waals surface area contributed by atoms with Gasteiger partial charge in [0.05, 0.1) is 11.9 Å². The van der Waals surface area contributed by atoms with Crippen molar-refractivity contribution in [1.29, 1.82) is 0 Å². The highest BCUT2D eigenvalue weighted by molar-refractivity contribution is 7.89. The van der Waals surface area contributed by atoms with E-state index in [0.29, 0.717) is 24.6 Å². The average Bonchev–Trinajstić information content (AvgIpc) is 3.13. The van der Waals surface area contributed by atoms with Crippen molar-refractivity contribution in [3.05, 3.63) is 24.5 Å². The molecule has 0 aliphatic carbocycles. The van der Waals surface area contributed by atoms with Crippen molar-refractivity contribution < 1.29 is 13.5 Å². The molecule has 3 heterocycles. The van der Waals surface area contributed by atoms with Crippen LogP contribution in [-0.4, -0.2) is 76.6 Å². The molecule has 0 radical (unpaired) electrons. The van der Waals surface area contributed by atoms with E-state index in [1.165, 1.54) is 18.4 Å². The van der Waals surface area contributed by atoms with Gasteiger partial charge < -0.3 is 14.6 Å². The lowest BCUT2D eigenvalue weighted by Crippen LogP contribution is -2.33. The number of hydrogen-bond acceptors (Lipinski definition) is 7. The Hall–Kier alpha value is -2.04. The second-order valence-electron chi connectivity index (χ2n) is 6.43. The van der Waals surface area contributed by atoms with Crippen molar-refractivity contribution in [2.75, 3.05) is 37.8 Å². The first-order chi connectivity index (χ1) is 11.8. The van der Waals surface area contributed by atoms with Gasteiger partial charge in [0.1, 0.15) is 5.69 Å². The van der Waals surface area contributed by atoms with Crippen LogP contribution in [0, 0.1) is 5.92 Å². The summed E-state index contributed by atoms with van der Waals surface area (Å²) in [7, 11) is 1.51. The van der Waals surface area contributed by atoms with Crippen LogP contribution in [0.1, 0.15) is 0 Å². The van der Waals surface area contributed by atoms with Crippen molar-refractivity contribution in [2.24, 2.45) is 13.0 Å². The van der Waals surface area contributed by atoms with Crippen LogP contribution in [-0.2, 0) is 17.1 Å². The first-order valence-electron chi connectivity index (χ1n) is 7.92. The topological polar surface area (TPSA) is 104 Å². The van der Waals surface area contributed by atoms with E-state index in [1.54, 1.807) is 6.20 Å². The standard InChI is InChI=1S/C15H22N6O3S/c1-19(2)25(23,24)10-11-8-21(9-13(11)22)14-5-4-12(17-18-14)15-16-6-7-20(15)3/h4-7,11,13,22H,8-10H2,1-3H3/t11-,13-/m0/s1. The molecule has 1 aliphatic heterocycles. The molecule has 0 unspecified atom stereocenters. The summed E-state index contributed by atoms with van der Waals surface area (Å²) < 4.78 is 27.1. The summed E-state index contributed by atoms with van der Waals surface area (Å²) in [5.74, 6) is 0.886. The SMILES string of the molecule is CN(C)S(=O)(=O)C[C@@H]1CN(c2ccc(-c3nccn3C)nn2)C[C@@H]1O. The van der Waals surface area contributed by atoms with Crippen LogP contribution in [0.2, 0.25) is 0 Å². The summed E-state index contributed by atoms with van der Waals surface area (Å²) in [5.41, 5.74) is 0.655. The van der Waals surface area contributed by atoms with Gasteiger partial charge in [-0.25, -0.2) is 17.7 Å². The van der Waals surface area contributed by atoms with Crippen LogP contribution in [0.15, 0.2) is 24.5 Å². The first-order valence-corrected chi connectivity index (χ1v) is 9.53. The van der Waals surface area contributed by atoms with Gasteiger partial charge in [-0.3, -0.25) is 0 Å². The summed E-state index contributed by atoms with van der Waals surface area (Å²) in [5, 5.41) is 18.6. The highest BCUT2D eigenvalue weighted by Crippen LogP contribution is 2.25. The molecule has 0 spiro atoms. The van der Waals surface area contributed by atoms with E-state index in [4.69, 9.17) is 0 Å². The Balaban J connectivity index is 1.72. The normalized spacial score (nSPS) is 21.2. The molecule has 9 nitrogen and oxygen atoms in total. The number of nitrogens with zero attached hydrogens (tertiary/aromatic N) is 6. The number of imidazole rings is 1. The van der Waals surface area contributed by atoms with E-state index < -0.39 is 16.1 Å². The van der Waals surface area contributed by atoms with Gasteiger partial charge in [0.2, 0.25) is 10.0 Å². The number of aliphatic hydroxyl groups is 1. The number of anilines is 1. The second kappa shape index (κ2) is 6.70. The Morgan fingerprint density at radius 3 is 2.60 bits per heavy atom. The van der Waals surface area contributed by atoms with Gasteiger partial charge in [-0.2, -0.15) is 0 Å². The minimum Gasteiger partial charge on any atom is -0.391 e. The van der Waals surface area contributed by atoms with Crippen molar-refractivity contribution in [2.45, 2.75) is 6.10 Å². The Bertz CT molecular complexity index is 833. The van der Waals surface area contributed by atoms with Crippen molar-refractivity contribution >= 4 is 15.8 Å². The van der Waals surface area contributed by atoms with Crippen LogP contribution in [0.5, 0.6) is 0 Å². The number of aryl methyl sites for hydroxylation is 1. The third kappa shape index (κ3) is 3.65. The molecule has 136 valence electrons. The van der Waals surface area contributed by atoms with Crippen LogP contribution in [0.3, 0.4) is 0 Å². The predicted molar refractivity (Wildman–Crippen MR) is 93.4 cm³/mol. The minimum absolute atomic E-state index is 0.0869. The predicted octanol–water partition coefficient (Wildman–Crippen LogP) is -0.434. The average molecular weight is 366 g/mol. The number of hydrogen-bond donors (Lipinski definition) is 1. The van der Waals surface area contributed by atoms with E-state index in [2.05, 4.69) is 15.2 Å². The van der Waals surface area contributed by atoms with Crippen molar-refractivity contribution in [3.8, 4) is 11.5 Å². The number of aromatic nitrogens is 4. The van der Waals surface area contributed by atoms with Gasteiger partial charge in [0.25, 0.3) is 0 Å². The zero-order valence-electron chi connectivity index (χ0n) is 14.4. The molecule has 1 aliphatic rings. The number of β-amino-alcohol motifs (C(OH)–C–C–N with tert-alkyl or cyclic N) is 1. The fourth-order valence-electron chi connectivity index (χ4n) is 2.85. The Labute approximate surface area is 147 Å². The maximum atomic E-state index is 12.0. The Kier molecular flexibility index (Phi) is 4.76. The van der Waals surface area contributed by atoms with Crippen LogP contribution < -0.4 is 4.90 Å². The minimum atomic E-state index is -3.36. The smallest absolute Gasteiger partial charge is 0.214 e. The molecule has 0 saturated carbocycles. The first kappa shape index (κ1) is 17.8. The molecule has 0 amide bonds. The molecule has 10 heteroatoms. The zero-order valence-corrected chi connectivity index (χ0v) is 15.3. The molecule has 0 bridgehead atoms. The number of sulfonamides is 1. The van der Waals surface area contributed by atoms with Crippen LogP contribution in [0.4, 0.5) is 5.82 Å². The quantitative estimate of drug-likeness (QED) is 0.765. The molecular weight excluding hydrogens is 344 g/mol. The van der Waals surface area contributed by atoms with E-state index in [9.17, 15) is 13.5 Å². The summed E-state index contributed by atoms with van der Waals surface area (Å²) in [6.07, 6.45) is 2.81. The summed E-state index contributed by atoms with van der Waals surface area (Å²) in [6, 6.07) is 3.63. The lowest BCUT2D eigenvalue weighted by atomic mass is 10.1. The molecule has 1 fully saturated rings. The van der Waals surface area contributed by atoms with Gasteiger partial charge >= 0.3 is 0 Å². The summed E-state index contributed by atoms with van der Waals surface area (Å²) in [6.45, 7) is 0.759. The van der Waals surface area contributed by atoms with Gasteiger partial charge in [0.15, 0.2) is 11.6 Å². The third-order valence-electron chi connectivity index (χ3n) is 4.41. The summed E-state index contributed by atoms with van der Waals surface area (Å²) >= 11 is 0. The molecule has 3 rings (SSSR count). The van der Waals surface area contributed by atoms with Gasteiger partial charge in [-0.05, 0) is 12.1 Å². The van der Waals surface area contributed by atoms with E-state index in [-0.39, 0.29) is 11.7 Å². The second-order valence-corrected chi connectivity index (χ2v) is 8.66. The van der Waals surface area contributed by atoms with Gasteiger partial charge in [0, 0.05) is 52.5 Å². The molecule has 2 aromatic rings. The largest absolute Gasteiger partial charge is 0.391 e. The van der Waals surface area contributed by atoms with Crippen LogP contribution >= 0.6 is 0 Å². The maximum absolute atomic E-state index is 12.0. The molecule has 0 aromatic carbocycles. The fourth-order valence-corrected chi connectivity index (χ4v) is 4.02. The zero-order chi connectivity index (χ0) is 18.2. The fraction of sp³-hybridized carbons (Fsp3) is 0.533. The van der Waals surface area contributed by atoms with E-state index in [0.717, 1.165) is 5.82 Å². The number of aliphatic hydroxyl groups excluding tert-OH is 1. The molecular formula is C15H22N6O3S. The van der Waals surface area contributed by atoms with Gasteiger partial charge in [-0.1, -0.05) is 0 Å². The highest BCUT2D eigenvalue weighted by Gasteiger charge is 2.36. The van der Waals surface area contributed by atoms with E-state index in [1.807, 2.05) is 34.8 Å². The molecule has 25 heavy (non-hydrogen) atoms. The monoisotopic (exact) mass is 366 g/mol. The lowest BCUT2D eigenvalue weighted by Gasteiger charge is -2.18. The Morgan fingerprint density at radius 2 is 2.04 bits per heavy atom. The van der Waals surface area contributed by atoms with Gasteiger partial charge in [-0.15, -0.1) is 10.2 Å². The molecule has 2 atom stereocenters. The molecule has 1 saturated heterocycles. The maximum Gasteiger partial charge on any atom is 0.214 e. The number of rotatable bonds is 5. The highest BCUT2D eigenvalue weighted by atomic mass is 32.2. The molecule has 2 aromatic heterocycles. The van der Waals surface area contributed by atoms with Crippen molar-refractivity contribution in [1.82, 2.24) is 24.1 Å². The lowest BCUT2D eigenvalue weighted by molar-refractivity contribution is 0.157. The van der Waals surface area contributed by atoms with E-state index >= 15 is 0 Å². The third-order valence-corrected chi connectivity index (χ3v) is 6.37. The molecule has 1 N–H and O–H groups in total. The van der Waals surface area contributed by atoms with Crippen LogP contribution in [0.25, 0.3) is 11.5 Å².